The van der Waals surface area contributed by atoms with Gasteiger partial charge >= 0.3 is 0 Å². The van der Waals surface area contributed by atoms with E-state index in [-0.39, 0.29) is 0 Å². The van der Waals surface area contributed by atoms with Gasteiger partial charge in [0.15, 0.2) is 0 Å². The molecular formula is C17H21NO. The Morgan fingerprint density at radius 3 is 2.53 bits per heavy atom. The lowest BCUT2D eigenvalue weighted by molar-refractivity contribution is 0.414. The summed E-state index contributed by atoms with van der Waals surface area (Å²) in [5, 5.41) is 3.39. The predicted octanol–water partition coefficient (Wildman–Crippen LogP) is 3.59. The fourth-order valence-corrected chi connectivity index (χ4v) is 2.30. The lowest BCUT2D eigenvalue weighted by Gasteiger charge is -2.16. The largest absolute Gasteiger partial charge is 0.497 e. The van der Waals surface area contributed by atoms with Crippen LogP contribution in [0.4, 0.5) is 0 Å². The Balaban J connectivity index is 2.00. The summed E-state index contributed by atoms with van der Waals surface area (Å²) in [4.78, 5) is 0. The topological polar surface area (TPSA) is 21.3 Å². The number of hydrogen-bond donors (Lipinski definition) is 1. The molecule has 100 valence electrons. The summed E-state index contributed by atoms with van der Waals surface area (Å²) in [5.41, 5.74) is 2.66. The third-order valence-corrected chi connectivity index (χ3v) is 3.41. The number of rotatable bonds is 6. The summed E-state index contributed by atoms with van der Waals surface area (Å²) >= 11 is 0. The maximum atomic E-state index is 5.26. The number of ether oxygens (including phenoxy) is 1. The van der Waals surface area contributed by atoms with Crippen molar-refractivity contribution in [3.8, 4) is 5.75 Å². The monoisotopic (exact) mass is 255 g/mol. The molecule has 0 saturated carbocycles. The van der Waals surface area contributed by atoms with Crippen molar-refractivity contribution in [1.29, 1.82) is 0 Å². The second kappa shape index (κ2) is 6.95. The maximum absolute atomic E-state index is 5.26. The van der Waals surface area contributed by atoms with Crippen molar-refractivity contribution in [3.63, 3.8) is 0 Å². The van der Waals surface area contributed by atoms with Crippen LogP contribution in [0.15, 0.2) is 54.6 Å². The Morgan fingerprint density at radius 2 is 1.84 bits per heavy atom. The number of nitrogens with one attached hydrogen (secondary N) is 1. The van der Waals surface area contributed by atoms with E-state index in [4.69, 9.17) is 4.74 Å². The van der Waals surface area contributed by atoms with Crippen molar-refractivity contribution >= 4 is 0 Å². The van der Waals surface area contributed by atoms with E-state index in [0.717, 1.165) is 18.6 Å². The van der Waals surface area contributed by atoms with Gasteiger partial charge in [-0.15, -0.1) is 0 Å². The molecule has 1 atom stereocenters. The normalized spacial score (nSPS) is 12.1. The van der Waals surface area contributed by atoms with Crippen molar-refractivity contribution in [3.05, 3.63) is 65.7 Å². The quantitative estimate of drug-likeness (QED) is 0.851. The molecule has 19 heavy (non-hydrogen) atoms. The molecule has 0 aliphatic heterocycles. The first kappa shape index (κ1) is 13.6. The molecule has 0 aliphatic rings. The average molecular weight is 255 g/mol. The van der Waals surface area contributed by atoms with Crippen molar-refractivity contribution in [2.24, 2.45) is 0 Å². The smallest absolute Gasteiger partial charge is 0.119 e. The van der Waals surface area contributed by atoms with Crippen molar-refractivity contribution in [1.82, 2.24) is 5.32 Å². The van der Waals surface area contributed by atoms with Crippen LogP contribution >= 0.6 is 0 Å². The van der Waals surface area contributed by atoms with E-state index < -0.39 is 0 Å². The molecule has 2 aromatic carbocycles. The molecule has 1 unspecified atom stereocenters. The van der Waals surface area contributed by atoms with Gasteiger partial charge in [0.25, 0.3) is 0 Å². The van der Waals surface area contributed by atoms with E-state index in [1.807, 2.05) is 19.2 Å². The first-order valence-electron chi connectivity index (χ1n) is 6.68. The third kappa shape index (κ3) is 3.83. The zero-order chi connectivity index (χ0) is 13.5. The Hall–Kier alpha value is -1.80. The summed E-state index contributed by atoms with van der Waals surface area (Å²) in [5.74, 6) is 0.929. The molecular weight excluding hydrogens is 234 g/mol. The van der Waals surface area contributed by atoms with E-state index in [0.29, 0.717) is 6.04 Å². The average Bonchev–Trinajstić information content (AvgIpc) is 2.49. The number of methoxy groups -OCH3 is 1. The first-order valence-corrected chi connectivity index (χ1v) is 6.68. The molecule has 0 aliphatic carbocycles. The number of hydrogen-bond acceptors (Lipinski definition) is 2. The van der Waals surface area contributed by atoms with Crippen LogP contribution in [0, 0.1) is 0 Å². The van der Waals surface area contributed by atoms with Gasteiger partial charge < -0.3 is 10.1 Å². The van der Waals surface area contributed by atoms with Gasteiger partial charge in [0.1, 0.15) is 5.75 Å². The molecule has 0 heterocycles. The highest BCUT2D eigenvalue weighted by Crippen LogP contribution is 2.20. The van der Waals surface area contributed by atoms with Gasteiger partial charge in [-0.2, -0.15) is 0 Å². The van der Waals surface area contributed by atoms with Crippen LogP contribution in [0.5, 0.6) is 5.75 Å². The van der Waals surface area contributed by atoms with Crippen molar-refractivity contribution < 1.29 is 4.74 Å². The highest BCUT2D eigenvalue weighted by molar-refractivity contribution is 5.29. The Morgan fingerprint density at radius 1 is 1.05 bits per heavy atom. The summed E-state index contributed by atoms with van der Waals surface area (Å²) < 4.78 is 5.26. The highest BCUT2D eigenvalue weighted by Gasteiger charge is 2.08. The Bertz CT molecular complexity index is 496. The lowest BCUT2D eigenvalue weighted by atomic mass is 9.99. The van der Waals surface area contributed by atoms with E-state index >= 15 is 0 Å². The summed E-state index contributed by atoms with van der Waals surface area (Å²) in [6.45, 7) is 0. The maximum Gasteiger partial charge on any atom is 0.119 e. The van der Waals surface area contributed by atoms with Crippen LogP contribution < -0.4 is 10.1 Å². The molecule has 2 heteroatoms. The van der Waals surface area contributed by atoms with E-state index in [1.165, 1.54) is 11.1 Å². The van der Waals surface area contributed by atoms with Crippen LogP contribution in [-0.2, 0) is 6.42 Å². The molecule has 0 fully saturated rings. The SMILES string of the molecule is CNC(CCc1cccc(OC)c1)c1ccccc1. The fraction of sp³-hybridized carbons (Fsp3) is 0.294. The highest BCUT2D eigenvalue weighted by atomic mass is 16.5. The van der Waals surface area contributed by atoms with Gasteiger partial charge in [-0.3, -0.25) is 0 Å². The Labute approximate surface area is 115 Å². The second-order valence-corrected chi connectivity index (χ2v) is 4.64. The van der Waals surface area contributed by atoms with E-state index in [2.05, 4.69) is 47.8 Å². The summed E-state index contributed by atoms with van der Waals surface area (Å²) in [6.07, 6.45) is 2.12. The summed E-state index contributed by atoms with van der Waals surface area (Å²) in [6, 6.07) is 19.3. The number of aryl methyl sites for hydroxylation is 1. The first-order chi connectivity index (χ1) is 9.33. The molecule has 0 spiro atoms. The molecule has 2 rings (SSSR count). The van der Waals surface area contributed by atoms with Crippen LogP contribution in [0.2, 0.25) is 0 Å². The molecule has 0 radical (unpaired) electrons. The van der Waals surface area contributed by atoms with E-state index in [9.17, 15) is 0 Å². The molecule has 2 nitrogen and oxygen atoms in total. The van der Waals surface area contributed by atoms with Gasteiger partial charge in [-0.1, -0.05) is 42.5 Å². The number of benzene rings is 2. The van der Waals surface area contributed by atoms with Gasteiger partial charge in [0, 0.05) is 6.04 Å². The zero-order valence-corrected chi connectivity index (χ0v) is 11.6. The molecule has 0 amide bonds. The summed E-state index contributed by atoms with van der Waals surface area (Å²) in [7, 11) is 3.72. The molecule has 0 aromatic heterocycles. The van der Waals surface area contributed by atoms with Crippen LogP contribution in [-0.4, -0.2) is 14.2 Å². The minimum atomic E-state index is 0.396. The minimum absolute atomic E-state index is 0.396. The second-order valence-electron chi connectivity index (χ2n) is 4.64. The molecule has 2 aromatic rings. The van der Waals surface area contributed by atoms with Crippen LogP contribution in [0.1, 0.15) is 23.6 Å². The zero-order valence-electron chi connectivity index (χ0n) is 11.6. The van der Waals surface area contributed by atoms with Crippen LogP contribution in [0.25, 0.3) is 0 Å². The molecule has 0 bridgehead atoms. The predicted molar refractivity (Wildman–Crippen MR) is 79.6 cm³/mol. The fourth-order valence-electron chi connectivity index (χ4n) is 2.30. The van der Waals surface area contributed by atoms with Gasteiger partial charge in [0.05, 0.1) is 7.11 Å². The third-order valence-electron chi connectivity index (χ3n) is 3.41. The minimum Gasteiger partial charge on any atom is -0.497 e. The van der Waals surface area contributed by atoms with Crippen LogP contribution in [0.3, 0.4) is 0 Å². The molecule has 0 saturated heterocycles. The standard InChI is InChI=1S/C17H21NO/c1-18-17(15-8-4-3-5-9-15)12-11-14-7-6-10-16(13-14)19-2/h3-10,13,17-18H,11-12H2,1-2H3. The Kier molecular flexibility index (Phi) is 4.99. The van der Waals surface area contributed by atoms with E-state index in [1.54, 1.807) is 7.11 Å². The van der Waals surface area contributed by atoms with Gasteiger partial charge in [-0.05, 0) is 43.1 Å². The van der Waals surface area contributed by atoms with Gasteiger partial charge in [-0.25, -0.2) is 0 Å². The lowest BCUT2D eigenvalue weighted by Crippen LogP contribution is -2.17. The van der Waals surface area contributed by atoms with Gasteiger partial charge in [0.2, 0.25) is 0 Å². The molecule has 1 N–H and O–H groups in total. The van der Waals surface area contributed by atoms with Crippen molar-refractivity contribution in [2.45, 2.75) is 18.9 Å². The van der Waals surface area contributed by atoms with Crippen molar-refractivity contribution in [2.75, 3.05) is 14.2 Å².